The van der Waals surface area contributed by atoms with Gasteiger partial charge in [0.05, 0.1) is 10.7 Å². The van der Waals surface area contributed by atoms with E-state index < -0.39 is 0 Å². The molecular weight excluding hydrogens is 414 g/mol. The lowest BCUT2D eigenvalue weighted by Crippen LogP contribution is -2.48. The van der Waals surface area contributed by atoms with Gasteiger partial charge in [0.25, 0.3) is 5.91 Å². The Morgan fingerprint density at radius 3 is 2.23 bits per heavy atom. The first kappa shape index (κ1) is 22.9. The van der Waals surface area contributed by atoms with Gasteiger partial charge in [-0.1, -0.05) is 44.5 Å². The smallest absolute Gasteiger partial charge is 0.262 e. The molecule has 2 aromatic rings. The Bertz CT molecular complexity index is 930. The number of hydrogen-bond acceptors (Lipinski definition) is 4. The molecular formula is C24H30ClN3O3. The topological polar surface area (TPSA) is 61.9 Å². The van der Waals surface area contributed by atoms with Crippen LogP contribution in [0.25, 0.3) is 0 Å². The molecule has 31 heavy (non-hydrogen) atoms. The predicted molar refractivity (Wildman–Crippen MR) is 125 cm³/mol. The van der Waals surface area contributed by atoms with Crippen LogP contribution in [-0.4, -0.2) is 49.5 Å². The van der Waals surface area contributed by atoms with Gasteiger partial charge in [0, 0.05) is 38.8 Å². The molecule has 1 heterocycles. The Labute approximate surface area is 189 Å². The van der Waals surface area contributed by atoms with Crippen molar-refractivity contribution in [3.63, 3.8) is 0 Å². The van der Waals surface area contributed by atoms with E-state index in [2.05, 4.69) is 31.0 Å². The molecule has 3 rings (SSSR count). The van der Waals surface area contributed by atoms with Gasteiger partial charge in [-0.15, -0.1) is 0 Å². The molecule has 1 aliphatic heterocycles. The number of piperazine rings is 1. The van der Waals surface area contributed by atoms with Crippen molar-refractivity contribution in [2.24, 2.45) is 0 Å². The molecule has 0 spiro atoms. The molecule has 0 atom stereocenters. The molecule has 0 aromatic heterocycles. The van der Waals surface area contributed by atoms with Gasteiger partial charge in [-0.05, 0) is 41.3 Å². The van der Waals surface area contributed by atoms with Gasteiger partial charge in [-0.25, -0.2) is 0 Å². The Balaban J connectivity index is 1.52. The number of rotatable bonds is 5. The van der Waals surface area contributed by atoms with E-state index in [0.29, 0.717) is 29.5 Å². The van der Waals surface area contributed by atoms with E-state index >= 15 is 0 Å². The summed E-state index contributed by atoms with van der Waals surface area (Å²) in [6.07, 6.45) is 0. The van der Waals surface area contributed by atoms with E-state index in [1.807, 2.05) is 41.3 Å². The normalized spacial score (nSPS) is 14.4. The summed E-state index contributed by atoms with van der Waals surface area (Å²) in [7, 11) is 0. The van der Waals surface area contributed by atoms with Crippen molar-refractivity contribution in [3.8, 4) is 5.75 Å². The third kappa shape index (κ3) is 6.14. The number of amides is 2. The van der Waals surface area contributed by atoms with Gasteiger partial charge in [-0.3, -0.25) is 9.59 Å². The van der Waals surface area contributed by atoms with Gasteiger partial charge in [0.2, 0.25) is 5.91 Å². The highest BCUT2D eigenvalue weighted by Crippen LogP contribution is 2.30. The van der Waals surface area contributed by atoms with E-state index in [-0.39, 0.29) is 23.8 Å². The highest BCUT2D eigenvalue weighted by Gasteiger charge is 2.20. The number of carbonyl (C=O) groups excluding carboxylic acids is 2. The van der Waals surface area contributed by atoms with Crippen molar-refractivity contribution in [1.82, 2.24) is 4.90 Å². The van der Waals surface area contributed by atoms with Gasteiger partial charge >= 0.3 is 0 Å². The standard InChI is InChI=1S/C24H30ClN3O3/c1-17(29)27-11-13-28(14-12-27)22-10-7-19(15-21(22)25)26-23(30)16-31-20-8-5-18(6-9-20)24(2,3)4/h5-10,15H,11-14,16H2,1-4H3,(H,26,30). The molecule has 1 N–H and O–H groups in total. The van der Waals surface area contributed by atoms with E-state index in [1.165, 1.54) is 5.56 Å². The highest BCUT2D eigenvalue weighted by molar-refractivity contribution is 6.33. The number of nitrogens with zero attached hydrogens (tertiary/aromatic N) is 2. The number of ether oxygens (including phenoxy) is 1. The largest absolute Gasteiger partial charge is 0.484 e. The lowest BCUT2D eigenvalue weighted by molar-refractivity contribution is -0.129. The maximum Gasteiger partial charge on any atom is 0.262 e. The van der Waals surface area contributed by atoms with E-state index in [9.17, 15) is 9.59 Å². The van der Waals surface area contributed by atoms with E-state index in [0.717, 1.165) is 18.8 Å². The minimum atomic E-state index is -0.251. The summed E-state index contributed by atoms with van der Waals surface area (Å²) in [5.74, 6) is 0.496. The number of carbonyl (C=O) groups is 2. The Hall–Kier alpha value is -2.73. The number of benzene rings is 2. The maximum absolute atomic E-state index is 12.3. The Kier molecular flexibility index (Phi) is 7.11. The second-order valence-electron chi connectivity index (χ2n) is 8.77. The van der Waals surface area contributed by atoms with Crippen molar-refractivity contribution in [2.75, 3.05) is 43.0 Å². The van der Waals surface area contributed by atoms with Crippen LogP contribution in [0.15, 0.2) is 42.5 Å². The Morgan fingerprint density at radius 1 is 1.03 bits per heavy atom. The van der Waals surface area contributed by atoms with Crippen molar-refractivity contribution in [1.29, 1.82) is 0 Å². The number of hydrogen-bond donors (Lipinski definition) is 1. The van der Waals surface area contributed by atoms with Crippen LogP contribution in [0, 0.1) is 0 Å². The van der Waals surface area contributed by atoms with Crippen molar-refractivity contribution in [2.45, 2.75) is 33.1 Å². The van der Waals surface area contributed by atoms with Crippen LogP contribution in [0.3, 0.4) is 0 Å². The first-order valence-electron chi connectivity index (χ1n) is 10.5. The summed E-state index contributed by atoms with van der Waals surface area (Å²) in [6.45, 7) is 10.8. The molecule has 0 aliphatic carbocycles. The van der Waals surface area contributed by atoms with Gasteiger partial charge < -0.3 is 19.9 Å². The zero-order valence-corrected chi connectivity index (χ0v) is 19.3. The molecule has 0 unspecified atom stereocenters. The van der Waals surface area contributed by atoms with E-state index in [4.69, 9.17) is 16.3 Å². The molecule has 2 amide bonds. The molecule has 1 fully saturated rings. The summed E-state index contributed by atoms with van der Waals surface area (Å²) in [5, 5.41) is 3.38. The highest BCUT2D eigenvalue weighted by atomic mass is 35.5. The second-order valence-corrected chi connectivity index (χ2v) is 9.18. The quantitative estimate of drug-likeness (QED) is 0.747. The summed E-state index contributed by atoms with van der Waals surface area (Å²) in [6, 6.07) is 13.3. The summed E-state index contributed by atoms with van der Waals surface area (Å²) in [5.41, 5.74) is 2.80. The van der Waals surface area contributed by atoms with Gasteiger partial charge in [-0.2, -0.15) is 0 Å². The number of nitrogens with one attached hydrogen (secondary N) is 1. The van der Waals surface area contributed by atoms with Crippen LogP contribution in [-0.2, 0) is 15.0 Å². The minimum Gasteiger partial charge on any atom is -0.484 e. The first-order chi connectivity index (χ1) is 14.6. The third-order valence-electron chi connectivity index (χ3n) is 5.39. The SMILES string of the molecule is CC(=O)N1CCN(c2ccc(NC(=O)COc3ccc(C(C)(C)C)cc3)cc2Cl)CC1. The predicted octanol–water partition coefficient (Wildman–Crippen LogP) is 4.32. The molecule has 6 nitrogen and oxygen atoms in total. The van der Waals surface area contributed by atoms with Crippen molar-refractivity contribution < 1.29 is 14.3 Å². The zero-order chi connectivity index (χ0) is 22.6. The lowest BCUT2D eigenvalue weighted by Gasteiger charge is -2.36. The summed E-state index contributed by atoms with van der Waals surface area (Å²) >= 11 is 6.46. The van der Waals surface area contributed by atoms with Gasteiger partial charge in [0.1, 0.15) is 5.75 Å². The summed E-state index contributed by atoms with van der Waals surface area (Å²) in [4.78, 5) is 27.7. The molecule has 166 valence electrons. The van der Waals surface area contributed by atoms with Gasteiger partial charge in [0.15, 0.2) is 6.61 Å². The van der Waals surface area contributed by atoms with Crippen LogP contribution in [0.2, 0.25) is 5.02 Å². The van der Waals surface area contributed by atoms with Crippen molar-refractivity contribution in [3.05, 3.63) is 53.1 Å². The molecule has 2 aromatic carbocycles. The van der Waals surface area contributed by atoms with E-state index in [1.54, 1.807) is 13.0 Å². The average molecular weight is 444 g/mol. The van der Waals surface area contributed by atoms with Crippen LogP contribution < -0.4 is 15.0 Å². The monoisotopic (exact) mass is 443 g/mol. The molecule has 0 radical (unpaired) electrons. The zero-order valence-electron chi connectivity index (χ0n) is 18.6. The van der Waals surface area contributed by atoms with Crippen LogP contribution in [0.5, 0.6) is 5.75 Å². The Morgan fingerprint density at radius 2 is 1.68 bits per heavy atom. The maximum atomic E-state index is 12.3. The summed E-state index contributed by atoms with van der Waals surface area (Å²) < 4.78 is 5.60. The third-order valence-corrected chi connectivity index (χ3v) is 5.69. The number of halogens is 1. The molecule has 7 heteroatoms. The average Bonchev–Trinajstić information content (AvgIpc) is 2.72. The second kappa shape index (κ2) is 9.60. The first-order valence-corrected chi connectivity index (χ1v) is 10.8. The lowest BCUT2D eigenvalue weighted by atomic mass is 9.87. The van der Waals surface area contributed by atoms with Crippen LogP contribution in [0.4, 0.5) is 11.4 Å². The molecule has 1 saturated heterocycles. The molecule has 1 aliphatic rings. The fourth-order valence-electron chi connectivity index (χ4n) is 3.50. The van der Waals surface area contributed by atoms with Crippen LogP contribution in [0.1, 0.15) is 33.3 Å². The van der Waals surface area contributed by atoms with Crippen molar-refractivity contribution >= 4 is 34.8 Å². The fourth-order valence-corrected chi connectivity index (χ4v) is 3.80. The van der Waals surface area contributed by atoms with Crippen LogP contribution >= 0.6 is 11.6 Å². The molecule has 0 saturated carbocycles. The fraction of sp³-hybridized carbons (Fsp3) is 0.417. The number of anilines is 2. The minimum absolute atomic E-state index is 0.0718. The molecule has 0 bridgehead atoms.